The van der Waals surface area contributed by atoms with Gasteiger partial charge < -0.3 is 14.2 Å². The molecule has 2 aliphatic heterocycles. The molecule has 7 nitrogen and oxygen atoms in total. The minimum absolute atomic E-state index is 0.248. The molecule has 0 radical (unpaired) electrons. The third-order valence-electron chi connectivity index (χ3n) is 4.75. The third kappa shape index (κ3) is 3.09. The third-order valence-corrected chi connectivity index (χ3v) is 4.75. The Morgan fingerprint density at radius 2 is 2.08 bits per heavy atom. The largest absolute Gasteiger partial charge is 0.497 e. The Hall–Kier alpha value is -2.12. The molecule has 4 rings (SSSR count). The lowest BCUT2D eigenvalue weighted by atomic mass is 10.0. The van der Waals surface area contributed by atoms with Gasteiger partial charge in [0, 0.05) is 19.6 Å². The molecule has 24 heavy (non-hydrogen) atoms. The van der Waals surface area contributed by atoms with E-state index in [-0.39, 0.29) is 12.1 Å². The first-order valence-corrected chi connectivity index (χ1v) is 8.33. The molecule has 2 aromatic rings. The maximum Gasteiger partial charge on any atom is 0.119 e. The quantitative estimate of drug-likeness (QED) is 0.828. The van der Waals surface area contributed by atoms with E-state index in [4.69, 9.17) is 14.2 Å². The van der Waals surface area contributed by atoms with Gasteiger partial charge in [0.15, 0.2) is 0 Å². The number of benzene rings is 1. The molecule has 1 saturated heterocycles. The monoisotopic (exact) mass is 330 g/mol. The molecule has 2 aliphatic rings. The number of nitrogens with zero attached hydrogens (tertiary/aromatic N) is 4. The zero-order valence-electron chi connectivity index (χ0n) is 13.8. The molecule has 2 atom stereocenters. The minimum Gasteiger partial charge on any atom is -0.497 e. The summed E-state index contributed by atoms with van der Waals surface area (Å²) < 4.78 is 19.0. The van der Waals surface area contributed by atoms with Gasteiger partial charge in [-0.25, -0.2) is 4.68 Å². The van der Waals surface area contributed by atoms with E-state index in [1.807, 2.05) is 28.9 Å². The molecule has 128 valence electrons. The summed E-state index contributed by atoms with van der Waals surface area (Å²) in [5, 5.41) is 8.25. The first-order valence-electron chi connectivity index (χ1n) is 8.33. The Morgan fingerprint density at radius 3 is 2.92 bits per heavy atom. The van der Waals surface area contributed by atoms with Crippen molar-refractivity contribution in [2.24, 2.45) is 0 Å². The number of piperidine rings is 1. The number of hydrogen-bond donors (Lipinski definition) is 0. The predicted molar refractivity (Wildman–Crippen MR) is 87.2 cm³/mol. The van der Waals surface area contributed by atoms with Gasteiger partial charge in [-0.05, 0) is 30.7 Å². The van der Waals surface area contributed by atoms with Crippen LogP contribution >= 0.6 is 0 Å². The Kier molecular flexibility index (Phi) is 4.36. The number of methoxy groups -OCH3 is 1. The number of likely N-dealkylation sites (tertiary alicyclic amines) is 1. The van der Waals surface area contributed by atoms with Crippen LogP contribution in [-0.4, -0.2) is 59.3 Å². The fourth-order valence-electron chi connectivity index (χ4n) is 3.41. The molecular formula is C17H22N4O3. The van der Waals surface area contributed by atoms with Crippen LogP contribution < -0.4 is 9.47 Å². The first kappa shape index (κ1) is 15.4. The summed E-state index contributed by atoms with van der Waals surface area (Å²) in [5.41, 5.74) is 1.06. The highest BCUT2D eigenvalue weighted by Crippen LogP contribution is 2.29. The second kappa shape index (κ2) is 6.78. The molecule has 0 bridgehead atoms. The molecule has 1 aromatic carbocycles. The molecule has 3 heterocycles. The normalized spacial score (nSPS) is 23.4. The van der Waals surface area contributed by atoms with Crippen molar-refractivity contribution in [2.75, 3.05) is 33.4 Å². The molecule has 0 spiro atoms. The van der Waals surface area contributed by atoms with Crippen molar-refractivity contribution in [3.63, 3.8) is 0 Å². The average Bonchev–Trinajstić information content (AvgIpc) is 3.11. The maximum absolute atomic E-state index is 5.94. The smallest absolute Gasteiger partial charge is 0.119 e. The van der Waals surface area contributed by atoms with Gasteiger partial charge in [0.1, 0.15) is 18.1 Å². The number of fused-ring (bicyclic) bond motifs is 3. The molecule has 0 unspecified atom stereocenters. The van der Waals surface area contributed by atoms with Crippen LogP contribution in [0.1, 0.15) is 18.2 Å². The van der Waals surface area contributed by atoms with E-state index in [1.165, 1.54) is 0 Å². The summed E-state index contributed by atoms with van der Waals surface area (Å²) in [7, 11) is 1.66. The van der Waals surface area contributed by atoms with E-state index >= 15 is 0 Å². The standard InChI is InChI=1S/C17H22N4O3/c1-22-14-2-4-15(5-3-14)23-9-8-20-7-6-17-16(11-20)21-13(12-24-17)10-18-19-21/h2-5,10,16-17H,6-9,11-12H2,1H3/t16-,17+/m1/s1. The molecule has 0 saturated carbocycles. The summed E-state index contributed by atoms with van der Waals surface area (Å²) in [6.07, 6.45) is 3.06. The number of aromatic nitrogens is 3. The molecule has 0 N–H and O–H groups in total. The highest BCUT2D eigenvalue weighted by atomic mass is 16.5. The summed E-state index contributed by atoms with van der Waals surface area (Å²) in [4.78, 5) is 2.41. The van der Waals surface area contributed by atoms with Crippen LogP contribution in [0.4, 0.5) is 0 Å². The van der Waals surface area contributed by atoms with Crippen molar-refractivity contribution in [1.29, 1.82) is 0 Å². The molecule has 0 aliphatic carbocycles. The Bertz CT molecular complexity index is 673. The summed E-state index contributed by atoms with van der Waals surface area (Å²) in [6, 6.07) is 7.94. The van der Waals surface area contributed by atoms with Gasteiger partial charge in [0.25, 0.3) is 0 Å². The zero-order chi connectivity index (χ0) is 16.4. The van der Waals surface area contributed by atoms with Crippen LogP contribution in [0.25, 0.3) is 0 Å². The molecule has 1 aromatic heterocycles. The number of ether oxygens (including phenoxy) is 3. The van der Waals surface area contributed by atoms with Gasteiger partial charge in [0.2, 0.25) is 0 Å². The molecule has 0 amide bonds. The highest BCUT2D eigenvalue weighted by molar-refractivity contribution is 5.31. The van der Waals surface area contributed by atoms with Gasteiger partial charge >= 0.3 is 0 Å². The van der Waals surface area contributed by atoms with E-state index in [9.17, 15) is 0 Å². The number of rotatable bonds is 5. The first-order chi connectivity index (χ1) is 11.8. The predicted octanol–water partition coefficient (Wildman–Crippen LogP) is 1.51. The van der Waals surface area contributed by atoms with Gasteiger partial charge in [-0.2, -0.15) is 0 Å². The maximum atomic E-state index is 5.94. The van der Waals surface area contributed by atoms with Crippen LogP contribution in [0.2, 0.25) is 0 Å². The second-order valence-corrected chi connectivity index (χ2v) is 6.20. The lowest BCUT2D eigenvalue weighted by Gasteiger charge is -2.40. The van der Waals surface area contributed by atoms with E-state index in [2.05, 4.69) is 15.2 Å². The van der Waals surface area contributed by atoms with Crippen molar-refractivity contribution in [3.8, 4) is 11.5 Å². The van der Waals surface area contributed by atoms with Crippen LogP contribution in [-0.2, 0) is 11.3 Å². The van der Waals surface area contributed by atoms with Gasteiger partial charge in [0.05, 0.1) is 37.8 Å². The van der Waals surface area contributed by atoms with Crippen LogP contribution in [0.3, 0.4) is 0 Å². The summed E-state index contributed by atoms with van der Waals surface area (Å²) >= 11 is 0. The average molecular weight is 330 g/mol. The van der Waals surface area contributed by atoms with Crippen LogP contribution in [0.5, 0.6) is 11.5 Å². The fourth-order valence-corrected chi connectivity index (χ4v) is 3.41. The van der Waals surface area contributed by atoms with E-state index < -0.39 is 0 Å². The van der Waals surface area contributed by atoms with Crippen molar-refractivity contribution < 1.29 is 14.2 Å². The second-order valence-electron chi connectivity index (χ2n) is 6.20. The van der Waals surface area contributed by atoms with Crippen LogP contribution in [0, 0.1) is 0 Å². The lowest BCUT2D eigenvalue weighted by Crippen LogP contribution is -2.48. The van der Waals surface area contributed by atoms with Crippen LogP contribution in [0.15, 0.2) is 30.5 Å². The Balaban J connectivity index is 1.30. The van der Waals surface area contributed by atoms with Crippen molar-refractivity contribution >= 4 is 0 Å². The Morgan fingerprint density at radius 1 is 1.25 bits per heavy atom. The van der Waals surface area contributed by atoms with E-state index in [0.717, 1.165) is 43.2 Å². The number of hydrogen-bond acceptors (Lipinski definition) is 6. The van der Waals surface area contributed by atoms with Gasteiger partial charge in [-0.3, -0.25) is 4.90 Å². The van der Waals surface area contributed by atoms with E-state index in [1.54, 1.807) is 13.3 Å². The minimum atomic E-state index is 0.248. The molecular weight excluding hydrogens is 308 g/mol. The van der Waals surface area contributed by atoms with Crippen molar-refractivity contribution in [3.05, 3.63) is 36.2 Å². The Labute approximate surface area is 141 Å². The summed E-state index contributed by atoms with van der Waals surface area (Å²) in [6.45, 7) is 4.12. The lowest BCUT2D eigenvalue weighted by molar-refractivity contribution is -0.0667. The summed E-state index contributed by atoms with van der Waals surface area (Å²) in [5.74, 6) is 1.70. The van der Waals surface area contributed by atoms with E-state index in [0.29, 0.717) is 13.2 Å². The van der Waals surface area contributed by atoms with Gasteiger partial charge in [-0.15, -0.1) is 5.10 Å². The zero-order valence-corrected chi connectivity index (χ0v) is 13.8. The topological polar surface area (TPSA) is 61.6 Å². The SMILES string of the molecule is COc1ccc(OCCN2CC[C@@H]3OCc4cnnn4[C@@H]3C2)cc1. The van der Waals surface area contributed by atoms with Gasteiger partial charge in [-0.1, -0.05) is 5.21 Å². The van der Waals surface area contributed by atoms with Crippen molar-refractivity contribution in [1.82, 2.24) is 19.9 Å². The molecule has 1 fully saturated rings. The highest BCUT2D eigenvalue weighted by Gasteiger charge is 2.36. The van der Waals surface area contributed by atoms with Crippen molar-refractivity contribution in [2.45, 2.75) is 25.2 Å². The fraction of sp³-hybridized carbons (Fsp3) is 0.529. The molecule has 7 heteroatoms.